The number of fused-ring (bicyclic) bond motifs is 3. The summed E-state index contributed by atoms with van der Waals surface area (Å²) in [6, 6.07) is 6.25. The quantitative estimate of drug-likeness (QED) is 0.419. The van der Waals surface area contributed by atoms with Crippen LogP contribution >= 0.6 is 0 Å². The van der Waals surface area contributed by atoms with Crippen molar-refractivity contribution < 1.29 is 13.5 Å². The highest BCUT2D eigenvalue weighted by molar-refractivity contribution is 5.81. The van der Waals surface area contributed by atoms with E-state index in [9.17, 15) is 13.6 Å². The van der Waals surface area contributed by atoms with Crippen LogP contribution in [0.1, 0.15) is 18.0 Å². The van der Waals surface area contributed by atoms with E-state index in [1.807, 2.05) is 0 Å². The molecule has 0 unspecified atom stereocenters. The number of aromatic amines is 1. The van der Waals surface area contributed by atoms with Crippen molar-refractivity contribution in [3.63, 3.8) is 0 Å². The van der Waals surface area contributed by atoms with Gasteiger partial charge >= 0.3 is 5.69 Å². The lowest BCUT2D eigenvalue weighted by atomic mass is 9.99. The van der Waals surface area contributed by atoms with Crippen LogP contribution in [0, 0.1) is 18.2 Å². The molecule has 162 valence electrons. The molecule has 0 bridgehead atoms. The zero-order valence-electron chi connectivity index (χ0n) is 16.8. The van der Waals surface area contributed by atoms with E-state index in [1.165, 1.54) is 17.1 Å². The van der Waals surface area contributed by atoms with Gasteiger partial charge < -0.3 is 9.72 Å². The van der Waals surface area contributed by atoms with E-state index < -0.39 is 23.4 Å². The van der Waals surface area contributed by atoms with E-state index in [2.05, 4.69) is 24.8 Å². The molecule has 1 N–H and O–H groups in total. The average molecular weight is 445 g/mol. The molecule has 0 spiro atoms. The second-order valence-corrected chi connectivity index (χ2v) is 7.53. The third-order valence-electron chi connectivity index (χ3n) is 5.70. The zero-order chi connectivity index (χ0) is 22.7. The molecule has 2 aromatic carbocycles. The third kappa shape index (κ3) is 2.81. The van der Waals surface area contributed by atoms with Crippen molar-refractivity contribution in [3.8, 4) is 11.7 Å². The van der Waals surface area contributed by atoms with E-state index in [1.54, 1.807) is 22.8 Å². The molecule has 11 heteroatoms. The van der Waals surface area contributed by atoms with E-state index in [-0.39, 0.29) is 35.9 Å². The second kappa shape index (κ2) is 6.96. The summed E-state index contributed by atoms with van der Waals surface area (Å²) in [5.74, 6) is -1.35. The fourth-order valence-corrected chi connectivity index (χ4v) is 4.22. The monoisotopic (exact) mass is 445 g/mol. The van der Waals surface area contributed by atoms with Gasteiger partial charge in [0.25, 0.3) is 0 Å². The molecule has 5 aromatic rings. The molecule has 6 rings (SSSR count). The number of hydrogen-bond donors (Lipinski definition) is 1. The minimum Gasteiger partial charge on any atom is -0.490 e. The average Bonchev–Trinajstić information content (AvgIpc) is 3.40. The van der Waals surface area contributed by atoms with Gasteiger partial charge in [-0.15, -0.1) is 0 Å². The Morgan fingerprint density at radius 3 is 2.88 bits per heavy atom. The third-order valence-corrected chi connectivity index (χ3v) is 5.70. The number of nitrogens with zero attached hydrogens (tertiary/aromatic N) is 6. The number of imidazole rings is 2. The first-order valence-electron chi connectivity index (χ1n) is 9.98. The number of benzene rings is 2. The Hall–Kier alpha value is -4.59. The van der Waals surface area contributed by atoms with Gasteiger partial charge in [-0.1, -0.05) is 6.07 Å². The number of halogens is 2. The topological polar surface area (TPSA) is 95.0 Å². The molecule has 4 heterocycles. The smallest absolute Gasteiger partial charge is 0.328 e. The summed E-state index contributed by atoms with van der Waals surface area (Å²) in [4.78, 5) is 32.2. The number of aromatic nitrogens is 6. The first kappa shape index (κ1) is 19.1. The van der Waals surface area contributed by atoms with Crippen LogP contribution in [0.5, 0.6) is 5.75 Å². The molecule has 0 saturated carbocycles. The van der Waals surface area contributed by atoms with Crippen molar-refractivity contribution in [1.82, 2.24) is 29.1 Å². The van der Waals surface area contributed by atoms with Gasteiger partial charge in [-0.25, -0.2) is 28.4 Å². The molecule has 1 atom stereocenters. The van der Waals surface area contributed by atoms with E-state index in [0.29, 0.717) is 22.2 Å². The van der Waals surface area contributed by atoms with Gasteiger partial charge in [0.15, 0.2) is 22.9 Å². The van der Waals surface area contributed by atoms with Crippen molar-refractivity contribution in [3.05, 3.63) is 82.0 Å². The highest BCUT2D eigenvalue weighted by Gasteiger charge is 2.32. The van der Waals surface area contributed by atoms with Crippen LogP contribution in [0.25, 0.3) is 33.0 Å². The Morgan fingerprint density at radius 2 is 2.03 bits per heavy atom. The number of rotatable bonds is 2. The molecule has 1 aliphatic heterocycles. The summed E-state index contributed by atoms with van der Waals surface area (Å²) < 4.78 is 37.3. The fourth-order valence-electron chi connectivity index (χ4n) is 4.22. The number of hydrogen-bond acceptors (Lipinski definition) is 5. The normalized spacial score (nSPS) is 15.4. The highest BCUT2D eigenvalue weighted by atomic mass is 19.1. The summed E-state index contributed by atoms with van der Waals surface area (Å²) in [6.07, 6.45) is 3.22. The molecule has 33 heavy (non-hydrogen) atoms. The van der Waals surface area contributed by atoms with Crippen LogP contribution in [0.4, 0.5) is 14.5 Å². The summed E-state index contributed by atoms with van der Waals surface area (Å²) in [7, 11) is 0. The molecule has 1 aliphatic rings. The minimum atomic E-state index is -0.818. The summed E-state index contributed by atoms with van der Waals surface area (Å²) >= 11 is 0. The fraction of sp³-hybridized carbons (Fsp3) is 0.136. The molecule has 0 fully saturated rings. The van der Waals surface area contributed by atoms with Gasteiger partial charge in [0.1, 0.15) is 17.7 Å². The maximum atomic E-state index is 14.7. The van der Waals surface area contributed by atoms with Crippen LogP contribution in [0.3, 0.4) is 0 Å². The van der Waals surface area contributed by atoms with E-state index in [4.69, 9.17) is 11.3 Å². The first-order chi connectivity index (χ1) is 16.0. The van der Waals surface area contributed by atoms with Crippen molar-refractivity contribution in [2.45, 2.75) is 12.5 Å². The predicted molar refractivity (Wildman–Crippen MR) is 114 cm³/mol. The predicted octanol–water partition coefficient (Wildman–Crippen LogP) is 3.66. The molecule has 0 saturated heterocycles. The molecule has 9 nitrogen and oxygen atoms in total. The molecule has 0 aliphatic carbocycles. The van der Waals surface area contributed by atoms with Gasteiger partial charge in [0, 0.05) is 6.42 Å². The lowest BCUT2D eigenvalue weighted by Gasteiger charge is -2.27. The summed E-state index contributed by atoms with van der Waals surface area (Å²) in [5, 5.41) is 0. The standard InChI is InChI=1S/C22H13F2N7O2/c1-25-11-2-5-14-17(8-11)30(10-27-14)21-26-9-15-20(29-21)31(22(32)28-15)16-6-7-33-19-13(24)4-3-12(23)18(16)19/h2-5,8-10,16H,6-7H2,(H,28,32)/t16-/m1/s1. The van der Waals surface area contributed by atoms with Crippen LogP contribution in [-0.4, -0.2) is 35.7 Å². The maximum Gasteiger partial charge on any atom is 0.328 e. The van der Waals surface area contributed by atoms with Gasteiger partial charge in [-0.3, -0.25) is 9.13 Å². The Labute approximate surface area is 183 Å². The van der Waals surface area contributed by atoms with Gasteiger partial charge in [0.05, 0.1) is 42.0 Å². The van der Waals surface area contributed by atoms with Crippen molar-refractivity contribution in [2.75, 3.05) is 6.61 Å². The largest absolute Gasteiger partial charge is 0.490 e. The van der Waals surface area contributed by atoms with Crippen molar-refractivity contribution >= 4 is 27.9 Å². The number of ether oxygens (including phenoxy) is 1. The lowest BCUT2D eigenvalue weighted by molar-refractivity contribution is 0.238. The maximum absolute atomic E-state index is 14.7. The molecule has 0 amide bonds. The number of nitrogens with one attached hydrogen (secondary N) is 1. The summed E-state index contributed by atoms with van der Waals surface area (Å²) in [5.41, 5.74) is 1.72. The van der Waals surface area contributed by atoms with Gasteiger partial charge in [-0.05, 0) is 24.3 Å². The highest BCUT2D eigenvalue weighted by Crippen LogP contribution is 2.38. The Balaban J connectivity index is 1.57. The molecule has 3 aromatic heterocycles. The summed E-state index contributed by atoms with van der Waals surface area (Å²) in [6.45, 7) is 7.36. The second-order valence-electron chi connectivity index (χ2n) is 7.53. The molecule has 0 radical (unpaired) electrons. The lowest BCUT2D eigenvalue weighted by Crippen LogP contribution is -2.29. The van der Waals surface area contributed by atoms with Gasteiger partial charge in [-0.2, -0.15) is 4.98 Å². The van der Waals surface area contributed by atoms with Crippen molar-refractivity contribution in [2.24, 2.45) is 0 Å². The van der Waals surface area contributed by atoms with E-state index in [0.717, 1.165) is 12.1 Å². The molecular formula is C22H13F2N7O2. The minimum absolute atomic E-state index is 0.0285. The SMILES string of the molecule is [C-]#[N+]c1ccc2ncn(-c3ncc4[nH]c(=O)n([C@@H]5CCOc6c(F)ccc(F)c65)c4n3)c2c1. The Kier molecular flexibility index (Phi) is 4.03. The van der Waals surface area contributed by atoms with Crippen LogP contribution in [-0.2, 0) is 0 Å². The first-order valence-corrected chi connectivity index (χ1v) is 9.98. The Bertz CT molecular complexity index is 1680. The van der Waals surface area contributed by atoms with Crippen LogP contribution < -0.4 is 10.4 Å². The van der Waals surface area contributed by atoms with Crippen molar-refractivity contribution in [1.29, 1.82) is 0 Å². The Morgan fingerprint density at radius 1 is 1.18 bits per heavy atom. The molecular weight excluding hydrogens is 432 g/mol. The van der Waals surface area contributed by atoms with Crippen LogP contribution in [0.15, 0.2) is 47.7 Å². The van der Waals surface area contributed by atoms with E-state index >= 15 is 0 Å². The van der Waals surface area contributed by atoms with Crippen LogP contribution in [0.2, 0.25) is 0 Å². The van der Waals surface area contributed by atoms with Gasteiger partial charge in [0.2, 0.25) is 5.95 Å². The zero-order valence-corrected chi connectivity index (χ0v) is 16.8. The number of H-pyrrole nitrogens is 1.